The molecule has 8 heteroatoms. The van der Waals surface area contributed by atoms with Crippen LogP contribution in [0.3, 0.4) is 0 Å². The summed E-state index contributed by atoms with van der Waals surface area (Å²) in [7, 11) is 0. The Balaban J connectivity index is 1.29. The van der Waals surface area contributed by atoms with Crippen molar-refractivity contribution < 1.29 is 23.5 Å². The number of ether oxygens (including phenoxy) is 1. The van der Waals surface area contributed by atoms with Crippen molar-refractivity contribution >= 4 is 23.3 Å². The molecule has 1 aromatic heterocycles. The zero-order chi connectivity index (χ0) is 25.1. The number of piperazine rings is 1. The number of aromatic nitrogens is 1. The van der Waals surface area contributed by atoms with Crippen LogP contribution in [0, 0.1) is 19.7 Å². The largest absolute Gasteiger partial charge is 0.452 e. The third-order valence-corrected chi connectivity index (χ3v) is 6.29. The first-order valence-electron chi connectivity index (χ1n) is 11.5. The van der Waals surface area contributed by atoms with Gasteiger partial charge >= 0.3 is 5.97 Å². The maximum absolute atomic E-state index is 14.4. The van der Waals surface area contributed by atoms with E-state index in [0.29, 0.717) is 43.0 Å². The number of hydrogen-bond donors (Lipinski definition) is 0. The Morgan fingerprint density at radius 2 is 1.46 bits per heavy atom. The molecule has 182 valence electrons. The van der Waals surface area contributed by atoms with Gasteiger partial charge in [0, 0.05) is 48.8 Å². The number of ketones is 1. The van der Waals surface area contributed by atoms with Crippen LogP contribution in [0.1, 0.15) is 39.0 Å². The molecule has 0 N–H and O–H groups in total. The van der Waals surface area contributed by atoms with E-state index in [2.05, 4.69) is 4.57 Å². The number of Topliss-reactive ketones (excluding diaryl/α,β-unsaturated/α-hetero) is 1. The summed E-state index contributed by atoms with van der Waals surface area (Å²) >= 11 is 0. The van der Waals surface area contributed by atoms with Gasteiger partial charge in [0.2, 0.25) is 0 Å². The lowest BCUT2D eigenvalue weighted by Gasteiger charge is -2.36. The average Bonchev–Trinajstić information content (AvgIpc) is 3.20. The van der Waals surface area contributed by atoms with Gasteiger partial charge in [0.25, 0.3) is 5.91 Å². The molecule has 0 aliphatic carbocycles. The Morgan fingerprint density at radius 1 is 0.857 bits per heavy atom. The number of carbonyl (C=O) groups excluding carboxylic acids is 3. The van der Waals surface area contributed by atoms with Crippen LogP contribution >= 0.6 is 0 Å². The fourth-order valence-corrected chi connectivity index (χ4v) is 4.30. The van der Waals surface area contributed by atoms with Crippen molar-refractivity contribution in [3.05, 3.63) is 82.9 Å². The number of hydrogen-bond acceptors (Lipinski definition) is 5. The highest BCUT2D eigenvalue weighted by Crippen LogP contribution is 2.22. The minimum atomic E-state index is -0.558. The van der Waals surface area contributed by atoms with E-state index in [9.17, 15) is 18.8 Å². The minimum absolute atomic E-state index is 0.192. The van der Waals surface area contributed by atoms with Gasteiger partial charge in [-0.25, -0.2) is 9.18 Å². The van der Waals surface area contributed by atoms with Crippen LogP contribution < -0.4 is 4.90 Å². The number of benzene rings is 2. The molecular weight excluding hydrogens is 449 g/mol. The summed E-state index contributed by atoms with van der Waals surface area (Å²) in [4.78, 5) is 39.9. The van der Waals surface area contributed by atoms with Crippen molar-refractivity contribution in [3.63, 3.8) is 0 Å². The molecule has 7 nitrogen and oxygen atoms in total. The van der Waals surface area contributed by atoms with Crippen LogP contribution in [0.25, 0.3) is 5.69 Å². The zero-order valence-electron chi connectivity index (χ0n) is 20.1. The van der Waals surface area contributed by atoms with E-state index in [1.807, 2.05) is 43.0 Å². The number of anilines is 1. The normalized spacial score (nSPS) is 13.6. The Labute approximate surface area is 203 Å². The number of halogens is 1. The van der Waals surface area contributed by atoms with Crippen LogP contribution in [0.15, 0.2) is 54.6 Å². The summed E-state index contributed by atoms with van der Waals surface area (Å²) in [5.74, 6) is -1.50. The Bertz CT molecular complexity index is 1240. The van der Waals surface area contributed by atoms with Gasteiger partial charge in [-0.1, -0.05) is 0 Å². The predicted octanol–water partition coefficient (Wildman–Crippen LogP) is 3.94. The molecule has 2 aromatic carbocycles. The first-order valence-corrected chi connectivity index (χ1v) is 11.5. The van der Waals surface area contributed by atoms with E-state index in [-0.39, 0.29) is 18.3 Å². The van der Waals surface area contributed by atoms with Crippen molar-refractivity contribution in [2.75, 3.05) is 37.7 Å². The second-order valence-corrected chi connectivity index (χ2v) is 8.66. The number of nitrogens with zero attached hydrogens (tertiary/aromatic N) is 3. The summed E-state index contributed by atoms with van der Waals surface area (Å²) in [6.45, 7) is 6.72. The molecule has 1 amide bonds. The molecule has 0 radical (unpaired) electrons. The van der Waals surface area contributed by atoms with Crippen LogP contribution in [0.4, 0.5) is 10.1 Å². The van der Waals surface area contributed by atoms with Gasteiger partial charge < -0.3 is 19.1 Å². The van der Waals surface area contributed by atoms with Crippen molar-refractivity contribution in [1.82, 2.24) is 9.47 Å². The average molecular weight is 478 g/mol. The molecule has 1 saturated heterocycles. The van der Waals surface area contributed by atoms with E-state index in [4.69, 9.17) is 4.74 Å². The second-order valence-electron chi connectivity index (χ2n) is 8.66. The van der Waals surface area contributed by atoms with Crippen molar-refractivity contribution in [2.24, 2.45) is 0 Å². The molecule has 3 aromatic rings. The summed E-state index contributed by atoms with van der Waals surface area (Å²) < 4.78 is 21.8. The van der Waals surface area contributed by atoms with Gasteiger partial charge in [-0.05, 0) is 75.4 Å². The van der Waals surface area contributed by atoms with Gasteiger partial charge in [-0.3, -0.25) is 9.59 Å². The van der Waals surface area contributed by atoms with Gasteiger partial charge in [0.1, 0.15) is 5.82 Å². The first kappa shape index (κ1) is 24.2. The second kappa shape index (κ2) is 10.1. The van der Waals surface area contributed by atoms with Gasteiger partial charge in [0.05, 0.1) is 11.3 Å². The highest BCUT2D eigenvalue weighted by Gasteiger charge is 2.24. The summed E-state index contributed by atoms with van der Waals surface area (Å²) in [6.07, 6.45) is 0. The van der Waals surface area contributed by atoms with E-state index in [0.717, 1.165) is 17.1 Å². The third-order valence-electron chi connectivity index (χ3n) is 6.29. The van der Waals surface area contributed by atoms with Crippen molar-refractivity contribution in [2.45, 2.75) is 20.8 Å². The standard InChI is InChI=1S/C27H28FN3O4/c1-18-4-5-19(2)31(18)23-9-6-21(7-10-23)27(34)35-17-26(33)30-14-12-29(13-15-30)25-11-8-22(20(3)32)16-24(25)28/h4-11,16H,12-15,17H2,1-3H3. The number of carbonyl (C=O) groups is 3. The quantitative estimate of drug-likeness (QED) is 0.397. The number of aryl methyl sites for hydroxylation is 2. The van der Waals surface area contributed by atoms with Crippen LogP contribution in [0.2, 0.25) is 0 Å². The van der Waals surface area contributed by atoms with Crippen molar-refractivity contribution in [3.8, 4) is 5.69 Å². The molecule has 4 rings (SSSR count). The van der Waals surface area contributed by atoms with Gasteiger partial charge in [-0.15, -0.1) is 0 Å². The molecule has 0 bridgehead atoms. The molecule has 35 heavy (non-hydrogen) atoms. The number of amides is 1. The molecule has 0 unspecified atom stereocenters. The summed E-state index contributed by atoms with van der Waals surface area (Å²) in [6, 6.07) is 15.6. The lowest BCUT2D eigenvalue weighted by atomic mass is 10.1. The molecule has 0 atom stereocenters. The molecular formula is C27H28FN3O4. The number of esters is 1. The van der Waals surface area contributed by atoms with Crippen LogP contribution in [-0.4, -0.2) is 59.9 Å². The van der Waals surface area contributed by atoms with Gasteiger partial charge in [0.15, 0.2) is 12.4 Å². The van der Waals surface area contributed by atoms with E-state index < -0.39 is 11.8 Å². The molecule has 0 spiro atoms. The Morgan fingerprint density at radius 3 is 2.03 bits per heavy atom. The molecule has 0 saturated carbocycles. The fraction of sp³-hybridized carbons (Fsp3) is 0.296. The summed E-state index contributed by atoms with van der Waals surface area (Å²) in [5.41, 5.74) is 4.24. The molecule has 1 aliphatic rings. The Kier molecular flexibility index (Phi) is 7.00. The van der Waals surface area contributed by atoms with Gasteiger partial charge in [-0.2, -0.15) is 0 Å². The highest BCUT2D eigenvalue weighted by atomic mass is 19.1. The Hall–Kier alpha value is -3.94. The molecule has 1 aliphatic heterocycles. The lowest BCUT2D eigenvalue weighted by molar-refractivity contribution is -0.134. The highest BCUT2D eigenvalue weighted by molar-refractivity contribution is 5.94. The maximum Gasteiger partial charge on any atom is 0.338 e. The molecule has 2 heterocycles. The predicted molar refractivity (Wildman–Crippen MR) is 131 cm³/mol. The van der Waals surface area contributed by atoms with E-state index in [1.165, 1.54) is 13.0 Å². The topological polar surface area (TPSA) is 71.9 Å². The third kappa shape index (κ3) is 5.26. The monoisotopic (exact) mass is 477 g/mol. The SMILES string of the molecule is CC(=O)c1ccc(N2CCN(C(=O)COC(=O)c3ccc(-n4c(C)ccc4C)cc3)CC2)c(F)c1. The zero-order valence-corrected chi connectivity index (χ0v) is 20.1. The molecule has 1 fully saturated rings. The van der Waals surface area contributed by atoms with Crippen LogP contribution in [-0.2, 0) is 9.53 Å². The van der Waals surface area contributed by atoms with Crippen LogP contribution in [0.5, 0.6) is 0 Å². The number of rotatable bonds is 6. The lowest BCUT2D eigenvalue weighted by Crippen LogP contribution is -2.50. The summed E-state index contributed by atoms with van der Waals surface area (Å²) in [5, 5.41) is 0. The van der Waals surface area contributed by atoms with E-state index in [1.54, 1.807) is 29.2 Å². The minimum Gasteiger partial charge on any atom is -0.452 e. The maximum atomic E-state index is 14.4. The fourth-order valence-electron chi connectivity index (χ4n) is 4.30. The van der Waals surface area contributed by atoms with Crippen molar-refractivity contribution in [1.29, 1.82) is 0 Å². The van der Waals surface area contributed by atoms with E-state index >= 15 is 0 Å². The smallest absolute Gasteiger partial charge is 0.338 e. The first-order chi connectivity index (χ1) is 16.7.